The molecule has 0 spiro atoms. The maximum atomic E-state index is 3.59. The van der Waals surface area contributed by atoms with Crippen molar-refractivity contribution in [2.45, 2.75) is 24.1 Å². The summed E-state index contributed by atoms with van der Waals surface area (Å²) in [6, 6.07) is 22.5. The van der Waals surface area contributed by atoms with Crippen LogP contribution in [0.1, 0.15) is 29.2 Å². The first-order valence-corrected chi connectivity index (χ1v) is 8.43. The highest BCUT2D eigenvalue weighted by Gasteiger charge is 2.20. The van der Waals surface area contributed by atoms with Gasteiger partial charge in [-0.15, -0.1) is 11.8 Å². The van der Waals surface area contributed by atoms with Crippen LogP contribution >= 0.6 is 11.8 Å². The molecular formula is C18H21NS. The summed E-state index contributed by atoms with van der Waals surface area (Å²) in [5.74, 6) is 1.16. The maximum absolute atomic E-state index is 3.59. The van der Waals surface area contributed by atoms with Crippen molar-refractivity contribution in [3.63, 3.8) is 0 Å². The fraction of sp³-hybridized carbons (Fsp3) is 0.333. The van der Waals surface area contributed by atoms with Crippen LogP contribution in [0.4, 0.5) is 0 Å². The molecule has 104 valence electrons. The first-order valence-electron chi connectivity index (χ1n) is 7.38. The predicted octanol–water partition coefficient (Wildman–Crippen LogP) is 4.26. The second-order valence-corrected chi connectivity index (χ2v) is 6.51. The van der Waals surface area contributed by atoms with Gasteiger partial charge in [0.1, 0.15) is 0 Å². The number of thioether (sulfide) groups is 1. The minimum Gasteiger partial charge on any atom is -0.313 e. The Morgan fingerprint density at radius 2 is 1.45 bits per heavy atom. The molecule has 0 radical (unpaired) electrons. The summed E-state index contributed by atoms with van der Waals surface area (Å²) in [6.07, 6.45) is 2.73. The third kappa shape index (κ3) is 3.87. The lowest BCUT2D eigenvalue weighted by molar-refractivity contribution is 0.725. The zero-order valence-electron chi connectivity index (χ0n) is 11.7. The van der Waals surface area contributed by atoms with Gasteiger partial charge in [-0.1, -0.05) is 60.7 Å². The van der Waals surface area contributed by atoms with Crippen LogP contribution in [0.5, 0.6) is 0 Å². The average molecular weight is 283 g/mol. The molecule has 2 aromatic rings. The molecule has 1 nitrogen and oxygen atoms in total. The van der Waals surface area contributed by atoms with Crippen LogP contribution in [0.15, 0.2) is 60.7 Å². The molecule has 0 heterocycles. The van der Waals surface area contributed by atoms with Crippen molar-refractivity contribution >= 4 is 11.8 Å². The van der Waals surface area contributed by atoms with E-state index in [-0.39, 0.29) is 0 Å². The van der Waals surface area contributed by atoms with E-state index in [0.717, 1.165) is 18.3 Å². The fourth-order valence-electron chi connectivity index (χ4n) is 2.37. The second-order valence-electron chi connectivity index (χ2n) is 5.30. The molecule has 2 aromatic carbocycles. The highest BCUT2D eigenvalue weighted by atomic mass is 32.2. The summed E-state index contributed by atoms with van der Waals surface area (Å²) in [6.45, 7) is 1.12. The minimum absolute atomic E-state index is 0.443. The van der Waals surface area contributed by atoms with Gasteiger partial charge in [0.2, 0.25) is 0 Å². The predicted molar refractivity (Wildman–Crippen MR) is 88.2 cm³/mol. The molecule has 1 fully saturated rings. The Morgan fingerprint density at radius 1 is 0.900 bits per heavy atom. The second kappa shape index (κ2) is 6.96. The summed E-state index contributed by atoms with van der Waals surface area (Å²) in [5.41, 5.74) is 2.80. The van der Waals surface area contributed by atoms with Gasteiger partial charge in [-0.05, 0) is 24.0 Å². The Morgan fingerprint density at radius 3 is 1.95 bits per heavy atom. The topological polar surface area (TPSA) is 12.0 Å². The van der Waals surface area contributed by atoms with Gasteiger partial charge in [0.25, 0.3) is 0 Å². The van der Waals surface area contributed by atoms with Crippen LogP contribution in [-0.2, 0) is 0 Å². The van der Waals surface area contributed by atoms with Crippen molar-refractivity contribution in [1.82, 2.24) is 5.32 Å². The molecule has 1 saturated carbocycles. The van der Waals surface area contributed by atoms with Crippen LogP contribution in [0.2, 0.25) is 0 Å². The lowest BCUT2D eigenvalue weighted by Gasteiger charge is -2.18. The molecule has 1 aliphatic carbocycles. The van der Waals surface area contributed by atoms with E-state index in [2.05, 4.69) is 66.0 Å². The van der Waals surface area contributed by atoms with Crippen LogP contribution in [0, 0.1) is 0 Å². The summed E-state index contributed by atoms with van der Waals surface area (Å²) in [4.78, 5) is 0. The van der Waals surface area contributed by atoms with E-state index in [0.29, 0.717) is 5.25 Å². The molecule has 20 heavy (non-hydrogen) atoms. The van der Waals surface area contributed by atoms with Crippen LogP contribution < -0.4 is 5.32 Å². The Bertz CT molecular complexity index is 468. The third-order valence-electron chi connectivity index (χ3n) is 3.60. The molecule has 0 bridgehead atoms. The van der Waals surface area contributed by atoms with Gasteiger partial charge < -0.3 is 5.32 Å². The number of nitrogens with one attached hydrogen (secondary N) is 1. The SMILES string of the molecule is c1ccc(C(SCCNC2CC2)c2ccccc2)cc1. The Labute approximate surface area is 125 Å². The lowest BCUT2D eigenvalue weighted by atomic mass is 10.0. The van der Waals surface area contributed by atoms with Crippen molar-refractivity contribution in [2.75, 3.05) is 12.3 Å². The Hall–Kier alpha value is -1.25. The van der Waals surface area contributed by atoms with E-state index >= 15 is 0 Å². The van der Waals surface area contributed by atoms with Crippen molar-refractivity contribution in [3.05, 3.63) is 71.8 Å². The molecule has 0 amide bonds. The first-order chi connectivity index (χ1) is 9.93. The van der Waals surface area contributed by atoms with Crippen molar-refractivity contribution in [3.8, 4) is 0 Å². The van der Waals surface area contributed by atoms with Crippen molar-refractivity contribution < 1.29 is 0 Å². The fourth-order valence-corrected chi connectivity index (χ4v) is 3.54. The molecular weight excluding hydrogens is 262 g/mol. The van der Waals surface area contributed by atoms with Gasteiger partial charge in [-0.25, -0.2) is 0 Å². The van der Waals surface area contributed by atoms with Gasteiger partial charge in [0, 0.05) is 18.3 Å². The molecule has 0 aliphatic heterocycles. The number of hydrogen-bond donors (Lipinski definition) is 1. The Kier molecular flexibility index (Phi) is 4.77. The Balaban J connectivity index is 1.66. The molecule has 0 aromatic heterocycles. The molecule has 0 unspecified atom stereocenters. The van der Waals surface area contributed by atoms with Crippen molar-refractivity contribution in [2.24, 2.45) is 0 Å². The lowest BCUT2D eigenvalue weighted by Crippen LogP contribution is -2.19. The smallest absolute Gasteiger partial charge is 0.0547 e. The minimum atomic E-state index is 0.443. The van der Waals surface area contributed by atoms with Gasteiger partial charge in [-0.3, -0.25) is 0 Å². The van der Waals surface area contributed by atoms with E-state index in [1.54, 1.807) is 0 Å². The number of benzene rings is 2. The molecule has 0 saturated heterocycles. The summed E-state index contributed by atoms with van der Waals surface area (Å²) in [7, 11) is 0. The van der Waals surface area contributed by atoms with E-state index in [9.17, 15) is 0 Å². The number of rotatable bonds is 7. The van der Waals surface area contributed by atoms with Crippen LogP contribution in [0.25, 0.3) is 0 Å². The molecule has 2 heteroatoms. The monoisotopic (exact) mass is 283 g/mol. The van der Waals surface area contributed by atoms with Gasteiger partial charge in [0.05, 0.1) is 5.25 Å². The maximum Gasteiger partial charge on any atom is 0.0547 e. The highest BCUT2D eigenvalue weighted by molar-refractivity contribution is 7.99. The normalized spacial score (nSPS) is 14.7. The van der Waals surface area contributed by atoms with E-state index < -0.39 is 0 Å². The van der Waals surface area contributed by atoms with E-state index in [4.69, 9.17) is 0 Å². The largest absolute Gasteiger partial charge is 0.313 e. The summed E-state index contributed by atoms with van der Waals surface area (Å²) in [5, 5.41) is 4.04. The van der Waals surface area contributed by atoms with E-state index in [1.807, 2.05) is 11.8 Å². The van der Waals surface area contributed by atoms with Gasteiger partial charge in [0.15, 0.2) is 0 Å². The first kappa shape index (κ1) is 13.7. The molecule has 1 aliphatic rings. The number of hydrogen-bond acceptors (Lipinski definition) is 2. The quantitative estimate of drug-likeness (QED) is 0.762. The van der Waals surface area contributed by atoms with E-state index in [1.165, 1.54) is 24.0 Å². The summed E-state index contributed by atoms with van der Waals surface area (Å²) < 4.78 is 0. The van der Waals surface area contributed by atoms with Gasteiger partial charge >= 0.3 is 0 Å². The standard InChI is InChI=1S/C18H21NS/c1-3-7-15(8-4-1)18(16-9-5-2-6-10-16)20-14-13-19-17-11-12-17/h1-10,17-19H,11-14H2. The summed E-state index contributed by atoms with van der Waals surface area (Å²) >= 11 is 2.03. The molecule has 3 rings (SSSR count). The van der Waals surface area contributed by atoms with Crippen molar-refractivity contribution in [1.29, 1.82) is 0 Å². The third-order valence-corrected chi connectivity index (χ3v) is 4.92. The average Bonchev–Trinajstić information content (AvgIpc) is 3.33. The van der Waals surface area contributed by atoms with Crippen LogP contribution in [0.3, 0.4) is 0 Å². The zero-order valence-corrected chi connectivity index (χ0v) is 12.5. The van der Waals surface area contributed by atoms with Crippen LogP contribution in [-0.4, -0.2) is 18.3 Å². The molecule has 0 atom stereocenters. The molecule has 1 N–H and O–H groups in total. The zero-order chi connectivity index (χ0) is 13.6. The van der Waals surface area contributed by atoms with Gasteiger partial charge in [-0.2, -0.15) is 0 Å². The highest BCUT2D eigenvalue weighted by Crippen LogP contribution is 2.35.